The number of amides is 1. The number of nitrogens with one attached hydrogen (secondary N) is 2. The largest absolute Gasteiger partial charge is 0.416 e. The van der Waals surface area contributed by atoms with Crippen LogP contribution in [0.15, 0.2) is 58.0 Å². The Labute approximate surface area is 210 Å². The molecule has 0 bridgehead atoms. The van der Waals surface area contributed by atoms with Gasteiger partial charge in [0.15, 0.2) is 5.65 Å². The highest BCUT2D eigenvalue weighted by Crippen LogP contribution is 2.29. The number of hydrogen-bond acceptors (Lipinski definition) is 7. The third-order valence-electron chi connectivity index (χ3n) is 5.83. The van der Waals surface area contributed by atoms with Gasteiger partial charge >= 0.3 is 11.8 Å². The molecule has 4 aromatic heterocycles. The van der Waals surface area contributed by atoms with Crippen molar-refractivity contribution in [3.8, 4) is 22.5 Å². The molecule has 11 heteroatoms. The van der Waals surface area contributed by atoms with Gasteiger partial charge in [0.05, 0.1) is 5.52 Å². The van der Waals surface area contributed by atoms with E-state index in [4.69, 9.17) is 4.42 Å². The van der Waals surface area contributed by atoms with Gasteiger partial charge in [-0.1, -0.05) is 32.9 Å². The Balaban J connectivity index is 1.37. The van der Waals surface area contributed by atoms with Crippen molar-refractivity contribution >= 4 is 17.1 Å². The summed E-state index contributed by atoms with van der Waals surface area (Å²) in [4.78, 5) is 36.4. The van der Waals surface area contributed by atoms with Crippen molar-refractivity contribution < 1.29 is 13.6 Å². The van der Waals surface area contributed by atoms with E-state index >= 15 is 4.39 Å². The number of rotatable bonds is 5. The minimum absolute atomic E-state index is 0.0545. The van der Waals surface area contributed by atoms with E-state index in [2.05, 4.69) is 30.5 Å². The molecule has 0 unspecified atom stereocenters. The molecule has 4 heterocycles. The molecule has 10 nitrogen and oxygen atoms in total. The second-order valence-corrected chi connectivity index (χ2v) is 9.66. The lowest BCUT2D eigenvalue weighted by atomic mass is 9.97. The maximum absolute atomic E-state index is 15.0. The minimum Gasteiger partial charge on any atom is -0.416 e. The van der Waals surface area contributed by atoms with E-state index in [1.807, 2.05) is 20.8 Å². The minimum atomic E-state index is -0.581. The van der Waals surface area contributed by atoms with Gasteiger partial charge < -0.3 is 19.3 Å². The Morgan fingerprint density at radius 1 is 1.14 bits per heavy atom. The number of hydrogen-bond donors (Lipinski definition) is 2. The van der Waals surface area contributed by atoms with Gasteiger partial charge in [0.1, 0.15) is 11.6 Å². The highest BCUT2D eigenvalue weighted by molar-refractivity contribution is 5.91. The van der Waals surface area contributed by atoms with Crippen LogP contribution in [-0.4, -0.2) is 35.6 Å². The van der Waals surface area contributed by atoms with E-state index in [1.54, 1.807) is 43.7 Å². The quantitative estimate of drug-likeness (QED) is 0.375. The molecule has 0 saturated carbocycles. The first-order valence-electron chi connectivity index (χ1n) is 11.5. The average molecular weight is 502 g/mol. The van der Waals surface area contributed by atoms with Crippen LogP contribution in [0.3, 0.4) is 0 Å². The van der Waals surface area contributed by atoms with Gasteiger partial charge in [-0.3, -0.25) is 9.59 Å². The van der Waals surface area contributed by atoms with E-state index < -0.39 is 11.7 Å². The Hall–Kier alpha value is -4.67. The summed E-state index contributed by atoms with van der Waals surface area (Å²) in [5.41, 5.74) is 2.73. The van der Waals surface area contributed by atoms with Gasteiger partial charge in [0.2, 0.25) is 5.89 Å². The van der Waals surface area contributed by atoms with E-state index in [1.165, 1.54) is 16.7 Å². The smallest absolute Gasteiger partial charge is 0.309 e. The molecule has 0 atom stereocenters. The van der Waals surface area contributed by atoms with Crippen molar-refractivity contribution in [1.29, 1.82) is 0 Å². The fourth-order valence-electron chi connectivity index (χ4n) is 3.71. The van der Waals surface area contributed by atoms with Crippen LogP contribution >= 0.6 is 0 Å². The molecule has 0 aliphatic rings. The van der Waals surface area contributed by atoms with E-state index in [0.29, 0.717) is 45.1 Å². The molecular weight excluding hydrogens is 477 g/mol. The molecule has 0 saturated heterocycles. The molecule has 1 aromatic carbocycles. The summed E-state index contributed by atoms with van der Waals surface area (Å²) in [6, 6.07) is 9.76. The zero-order valence-corrected chi connectivity index (χ0v) is 20.7. The fourth-order valence-corrected chi connectivity index (χ4v) is 3.71. The number of H-pyrrole nitrogens is 1. The van der Waals surface area contributed by atoms with Crippen LogP contribution in [0.5, 0.6) is 0 Å². The first-order valence-corrected chi connectivity index (χ1v) is 11.5. The first kappa shape index (κ1) is 24.0. The van der Waals surface area contributed by atoms with Crippen molar-refractivity contribution in [3.05, 3.63) is 82.3 Å². The number of nitrogens with zero attached hydrogens (tertiary/aromatic N) is 5. The summed E-state index contributed by atoms with van der Waals surface area (Å²) in [5, 5.41) is 10.3. The molecule has 0 aliphatic heterocycles. The molecule has 0 spiro atoms. The molecular formula is C26H24FN7O3. The molecule has 188 valence electrons. The van der Waals surface area contributed by atoms with E-state index in [0.717, 1.165) is 0 Å². The standard InChI is InChI=1S/C26H24FN7O3/c1-26(2,3)25-33-32-24(37-25)23(36)29-13-16-6-5-14(11-18(16)27)17-7-9-28-22-20(17)30-21(31-22)15-8-10-34(4)19(35)12-15/h5-12H,13H2,1-4H3,(H,29,36)(H,28,30,31). The molecule has 37 heavy (non-hydrogen) atoms. The lowest BCUT2D eigenvalue weighted by Crippen LogP contribution is -2.23. The lowest BCUT2D eigenvalue weighted by Gasteiger charge is -2.11. The molecule has 2 N–H and O–H groups in total. The maximum Gasteiger partial charge on any atom is 0.309 e. The number of aromatic nitrogens is 6. The van der Waals surface area contributed by atoms with Crippen LogP contribution in [0.2, 0.25) is 0 Å². The predicted molar refractivity (Wildman–Crippen MR) is 134 cm³/mol. The Morgan fingerprint density at radius 3 is 2.65 bits per heavy atom. The molecule has 0 aliphatic carbocycles. The topological polar surface area (TPSA) is 132 Å². The van der Waals surface area contributed by atoms with Gasteiger partial charge in [-0.25, -0.2) is 14.4 Å². The second kappa shape index (κ2) is 9.08. The molecule has 0 radical (unpaired) electrons. The van der Waals surface area contributed by atoms with Gasteiger partial charge in [0, 0.05) is 54.2 Å². The third kappa shape index (κ3) is 4.75. The normalized spacial score (nSPS) is 11.7. The molecule has 1 amide bonds. The van der Waals surface area contributed by atoms with E-state index in [-0.39, 0.29) is 23.4 Å². The number of aromatic amines is 1. The average Bonchev–Trinajstić information content (AvgIpc) is 3.52. The summed E-state index contributed by atoms with van der Waals surface area (Å²) in [5.74, 6) is -0.415. The highest BCUT2D eigenvalue weighted by Gasteiger charge is 2.24. The van der Waals surface area contributed by atoms with Gasteiger partial charge in [-0.2, -0.15) is 0 Å². The number of fused-ring (bicyclic) bond motifs is 1. The monoisotopic (exact) mass is 501 g/mol. The fraction of sp³-hybridized carbons (Fsp3) is 0.231. The SMILES string of the molecule is Cn1ccc(-c2nc3nccc(-c4ccc(CNC(=O)c5nnc(C(C)(C)C)o5)c(F)c4)c3[nH]2)cc1=O. The predicted octanol–water partition coefficient (Wildman–Crippen LogP) is 3.74. The molecule has 5 rings (SSSR count). The van der Waals surface area contributed by atoms with Crippen molar-refractivity contribution in [2.24, 2.45) is 7.05 Å². The number of carbonyl (C=O) groups excluding carboxylic acids is 1. The summed E-state index contributed by atoms with van der Waals surface area (Å²) in [6.45, 7) is 5.62. The lowest BCUT2D eigenvalue weighted by molar-refractivity contribution is 0.0912. The van der Waals surface area contributed by atoms with Crippen LogP contribution < -0.4 is 10.9 Å². The maximum atomic E-state index is 15.0. The first-order chi connectivity index (χ1) is 17.6. The number of imidazole rings is 1. The van der Waals surface area contributed by atoms with Gasteiger partial charge in [0.25, 0.3) is 5.56 Å². The van der Waals surface area contributed by atoms with Crippen molar-refractivity contribution in [1.82, 2.24) is 35.0 Å². The van der Waals surface area contributed by atoms with Crippen molar-refractivity contribution in [2.45, 2.75) is 32.7 Å². The Morgan fingerprint density at radius 2 is 1.95 bits per heavy atom. The van der Waals surface area contributed by atoms with Crippen LogP contribution in [0.25, 0.3) is 33.7 Å². The number of carbonyl (C=O) groups is 1. The van der Waals surface area contributed by atoms with Crippen LogP contribution in [0.1, 0.15) is 42.9 Å². The summed E-state index contributed by atoms with van der Waals surface area (Å²) in [7, 11) is 1.67. The zero-order valence-electron chi connectivity index (χ0n) is 20.7. The molecule has 0 fully saturated rings. The zero-order chi connectivity index (χ0) is 26.3. The third-order valence-corrected chi connectivity index (χ3v) is 5.83. The summed E-state index contributed by atoms with van der Waals surface area (Å²) in [6.07, 6.45) is 3.25. The molecule has 5 aromatic rings. The van der Waals surface area contributed by atoms with E-state index in [9.17, 15) is 9.59 Å². The van der Waals surface area contributed by atoms with Crippen LogP contribution in [0, 0.1) is 5.82 Å². The van der Waals surface area contributed by atoms with Gasteiger partial charge in [-0.05, 0) is 23.8 Å². The van der Waals surface area contributed by atoms with Crippen LogP contribution in [0.4, 0.5) is 4.39 Å². The Kier molecular flexibility index (Phi) is 5.90. The highest BCUT2D eigenvalue weighted by atomic mass is 19.1. The number of pyridine rings is 2. The summed E-state index contributed by atoms with van der Waals surface area (Å²) < 4.78 is 21.9. The second-order valence-electron chi connectivity index (χ2n) is 9.66. The van der Waals surface area contributed by atoms with Crippen molar-refractivity contribution in [3.63, 3.8) is 0 Å². The summed E-state index contributed by atoms with van der Waals surface area (Å²) >= 11 is 0. The van der Waals surface area contributed by atoms with Gasteiger partial charge in [-0.15, -0.1) is 10.2 Å². The Bertz CT molecular complexity index is 1690. The number of aryl methyl sites for hydroxylation is 1. The van der Waals surface area contributed by atoms with Crippen molar-refractivity contribution in [2.75, 3.05) is 0 Å². The number of halogens is 1. The van der Waals surface area contributed by atoms with Crippen LogP contribution in [-0.2, 0) is 19.0 Å². The number of benzene rings is 1.